The van der Waals surface area contributed by atoms with Crippen LogP contribution in [-0.2, 0) is 6.42 Å². The lowest BCUT2D eigenvalue weighted by molar-refractivity contribution is 0.0953. The molecule has 0 aliphatic carbocycles. The maximum Gasteiger partial charge on any atom is 0.251 e. The van der Waals surface area contributed by atoms with E-state index in [4.69, 9.17) is 18.9 Å². The highest BCUT2D eigenvalue weighted by atomic mass is 16.7. The highest BCUT2D eigenvalue weighted by Gasteiger charge is 2.16. The molecule has 0 bridgehead atoms. The summed E-state index contributed by atoms with van der Waals surface area (Å²) in [6, 6.07) is 11.1. The van der Waals surface area contributed by atoms with Gasteiger partial charge >= 0.3 is 0 Å². The lowest BCUT2D eigenvalue weighted by Crippen LogP contribution is -2.25. The summed E-state index contributed by atoms with van der Waals surface area (Å²) in [5.41, 5.74) is 1.65. The third-order valence-electron chi connectivity index (χ3n) is 4.15. The average molecular weight is 341 g/mol. The van der Waals surface area contributed by atoms with Crippen molar-refractivity contribution in [2.24, 2.45) is 0 Å². The molecular weight excluding hydrogens is 322 g/mol. The highest BCUT2D eigenvalue weighted by molar-refractivity contribution is 5.94. The highest BCUT2D eigenvalue weighted by Crippen LogP contribution is 2.32. The zero-order valence-corrected chi connectivity index (χ0v) is 13.7. The first-order valence-corrected chi connectivity index (χ1v) is 8.36. The third kappa shape index (κ3) is 3.47. The Kier molecular flexibility index (Phi) is 4.33. The van der Waals surface area contributed by atoms with Gasteiger partial charge in [0.25, 0.3) is 5.91 Å². The molecule has 2 heterocycles. The van der Waals surface area contributed by atoms with E-state index in [1.165, 1.54) is 0 Å². The topological polar surface area (TPSA) is 66.0 Å². The molecular formula is C19H19NO5. The van der Waals surface area contributed by atoms with Crippen LogP contribution in [0.5, 0.6) is 23.0 Å². The normalized spacial score (nSPS) is 14.7. The quantitative estimate of drug-likeness (QED) is 0.926. The Hall–Kier alpha value is -2.89. The Morgan fingerprint density at radius 1 is 0.880 bits per heavy atom. The van der Waals surface area contributed by atoms with Gasteiger partial charge in [-0.15, -0.1) is 0 Å². The van der Waals surface area contributed by atoms with Crippen molar-refractivity contribution >= 4 is 5.91 Å². The van der Waals surface area contributed by atoms with Gasteiger partial charge in [-0.3, -0.25) is 4.79 Å². The molecule has 0 spiro atoms. The third-order valence-corrected chi connectivity index (χ3v) is 4.15. The van der Waals surface area contributed by atoms with Crippen molar-refractivity contribution in [1.82, 2.24) is 5.32 Å². The first kappa shape index (κ1) is 15.6. The second-order valence-electron chi connectivity index (χ2n) is 5.91. The van der Waals surface area contributed by atoms with E-state index in [9.17, 15) is 4.79 Å². The van der Waals surface area contributed by atoms with E-state index in [1.54, 1.807) is 18.2 Å². The first-order chi connectivity index (χ1) is 12.3. The summed E-state index contributed by atoms with van der Waals surface area (Å²) in [6.45, 7) is 2.08. The SMILES string of the molecule is O=C(NCCc1ccc2c(c1)OCCCO2)c1ccc2c(c1)OCO2. The number of ether oxygens (including phenoxy) is 4. The molecule has 2 aliphatic heterocycles. The van der Waals surface area contributed by atoms with Crippen LogP contribution in [0.15, 0.2) is 36.4 Å². The van der Waals surface area contributed by atoms with Crippen molar-refractivity contribution in [1.29, 1.82) is 0 Å². The van der Waals surface area contributed by atoms with Crippen LogP contribution < -0.4 is 24.3 Å². The summed E-state index contributed by atoms with van der Waals surface area (Å²) in [6.07, 6.45) is 1.60. The number of carbonyl (C=O) groups excluding carboxylic acids is 1. The minimum absolute atomic E-state index is 0.132. The van der Waals surface area contributed by atoms with E-state index in [1.807, 2.05) is 18.2 Å². The van der Waals surface area contributed by atoms with Crippen LogP contribution in [-0.4, -0.2) is 32.5 Å². The molecule has 130 valence electrons. The largest absolute Gasteiger partial charge is 0.490 e. The van der Waals surface area contributed by atoms with Gasteiger partial charge in [0.05, 0.1) is 13.2 Å². The molecule has 1 amide bonds. The number of benzene rings is 2. The predicted octanol–water partition coefficient (Wildman–Crippen LogP) is 2.55. The van der Waals surface area contributed by atoms with Crippen LogP contribution in [0.1, 0.15) is 22.3 Å². The van der Waals surface area contributed by atoms with Crippen LogP contribution in [0, 0.1) is 0 Å². The molecule has 4 rings (SSSR count). The molecule has 0 saturated carbocycles. The van der Waals surface area contributed by atoms with Crippen LogP contribution >= 0.6 is 0 Å². The van der Waals surface area contributed by atoms with Crippen molar-refractivity contribution in [3.63, 3.8) is 0 Å². The molecule has 6 heteroatoms. The predicted molar refractivity (Wildman–Crippen MR) is 90.7 cm³/mol. The van der Waals surface area contributed by atoms with Crippen molar-refractivity contribution in [3.8, 4) is 23.0 Å². The van der Waals surface area contributed by atoms with Crippen LogP contribution in [0.2, 0.25) is 0 Å². The molecule has 0 radical (unpaired) electrons. The smallest absolute Gasteiger partial charge is 0.251 e. The Morgan fingerprint density at radius 3 is 2.52 bits per heavy atom. The number of hydrogen-bond acceptors (Lipinski definition) is 5. The Morgan fingerprint density at radius 2 is 1.60 bits per heavy atom. The van der Waals surface area contributed by atoms with Crippen LogP contribution in [0.4, 0.5) is 0 Å². The number of carbonyl (C=O) groups is 1. The minimum Gasteiger partial charge on any atom is -0.490 e. The van der Waals surface area contributed by atoms with Gasteiger partial charge in [0.2, 0.25) is 6.79 Å². The second-order valence-corrected chi connectivity index (χ2v) is 5.91. The van der Waals surface area contributed by atoms with Gasteiger partial charge in [-0.25, -0.2) is 0 Å². The fourth-order valence-corrected chi connectivity index (χ4v) is 2.82. The zero-order valence-electron chi connectivity index (χ0n) is 13.7. The summed E-state index contributed by atoms with van der Waals surface area (Å²) in [4.78, 5) is 12.3. The zero-order chi connectivity index (χ0) is 17.1. The molecule has 2 aliphatic rings. The van der Waals surface area contributed by atoms with Gasteiger partial charge in [-0.1, -0.05) is 6.07 Å². The Labute approximate surface area is 145 Å². The summed E-state index contributed by atoms with van der Waals surface area (Å²) in [5, 5.41) is 2.92. The molecule has 2 aromatic carbocycles. The standard InChI is InChI=1S/C19H19NO5/c21-19(14-3-5-16-18(11-14)25-12-24-16)20-7-6-13-2-4-15-17(10-13)23-9-1-8-22-15/h2-5,10-11H,1,6-9,12H2,(H,20,21). The van der Waals surface area contributed by atoms with Gasteiger partial charge in [0.1, 0.15) is 0 Å². The summed E-state index contributed by atoms with van der Waals surface area (Å²) >= 11 is 0. The lowest BCUT2D eigenvalue weighted by Gasteiger charge is -2.10. The van der Waals surface area contributed by atoms with Crippen LogP contribution in [0.25, 0.3) is 0 Å². The fourth-order valence-electron chi connectivity index (χ4n) is 2.82. The molecule has 2 aromatic rings. The van der Waals surface area contributed by atoms with E-state index >= 15 is 0 Å². The van der Waals surface area contributed by atoms with Gasteiger partial charge in [0, 0.05) is 18.5 Å². The van der Waals surface area contributed by atoms with E-state index < -0.39 is 0 Å². The maximum absolute atomic E-state index is 12.3. The van der Waals surface area contributed by atoms with E-state index in [2.05, 4.69) is 5.32 Å². The number of hydrogen-bond donors (Lipinski definition) is 1. The van der Waals surface area contributed by atoms with Gasteiger partial charge in [0.15, 0.2) is 23.0 Å². The molecule has 0 unspecified atom stereocenters. The fraction of sp³-hybridized carbons (Fsp3) is 0.316. The van der Waals surface area contributed by atoms with E-state index in [-0.39, 0.29) is 12.7 Å². The van der Waals surface area contributed by atoms with Gasteiger partial charge in [-0.05, 0) is 42.3 Å². The summed E-state index contributed by atoms with van der Waals surface area (Å²) < 4.78 is 21.9. The van der Waals surface area contributed by atoms with E-state index in [0.717, 1.165) is 23.5 Å². The minimum atomic E-state index is -0.132. The van der Waals surface area contributed by atoms with Crippen molar-refractivity contribution in [2.45, 2.75) is 12.8 Å². The second kappa shape index (κ2) is 6.93. The molecule has 0 aromatic heterocycles. The molecule has 0 atom stereocenters. The molecule has 25 heavy (non-hydrogen) atoms. The summed E-state index contributed by atoms with van der Waals surface area (Å²) in [5.74, 6) is 2.70. The number of fused-ring (bicyclic) bond motifs is 2. The summed E-state index contributed by atoms with van der Waals surface area (Å²) in [7, 11) is 0. The van der Waals surface area contributed by atoms with E-state index in [0.29, 0.717) is 43.2 Å². The monoisotopic (exact) mass is 341 g/mol. The lowest BCUT2D eigenvalue weighted by atomic mass is 10.1. The molecule has 0 fully saturated rings. The molecule has 1 N–H and O–H groups in total. The van der Waals surface area contributed by atoms with Crippen molar-refractivity contribution < 1.29 is 23.7 Å². The number of amides is 1. The van der Waals surface area contributed by atoms with Crippen LogP contribution in [0.3, 0.4) is 0 Å². The Bertz CT molecular complexity index is 789. The first-order valence-electron chi connectivity index (χ1n) is 8.36. The number of rotatable bonds is 4. The van der Waals surface area contributed by atoms with Crippen molar-refractivity contribution in [3.05, 3.63) is 47.5 Å². The van der Waals surface area contributed by atoms with Gasteiger partial charge < -0.3 is 24.3 Å². The number of nitrogens with one attached hydrogen (secondary N) is 1. The van der Waals surface area contributed by atoms with Gasteiger partial charge in [-0.2, -0.15) is 0 Å². The molecule has 0 saturated heterocycles. The molecule has 6 nitrogen and oxygen atoms in total. The maximum atomic E-state index is 12.3. The Balaban J connectivity index is 1.34. The average Bonchev–Trinajstić information content (AvgIpc) is 2.98. The van der Waals surface area contributed by atoms with Crippen molar-refractivity contribution in [2.75, 3.05) is 26.6 Å².